The second-order valence-corrected chi connectivity index (χ2v) is 8.01. The third kappa shape index (κ3) is 4.73. The van der Waals surface area contributed by atoms with E-state index in [1.54, 1.807) is 16.5 Å². The highest BCUT2D eigenvalue weighted by Gasteiger charge is 2.28. The molecule has 0 aliphatic heterocycles. The topological polar surface area (TPSA) is 123 Å². The average molecular weight is 470 g/mol. The van der Waals surface area contributed by atoms with E-state index in [4.69, 9.17) is 32.7 Å². The van der Waals surface area contributed by atoms with Gasteiger partial charge in [-0.1, -0.05) is 11.6 Å². The first-order valence-corrected chi connectivity index (χ1v) is 10.7. The quantitative estimate of drug-likeness (QED) is 0.211. The fourth-order valence-electron chi connectivity index (χ4n) is 3.77. The van der Waals surface area contributed by atoms with Gasteiger partial charge in [0.05, 0.1) is 29.1 Å². The summed E-state index contributed by atoms with van der Waals surface area (Å²) in [5.41, 5.74) is 0.382. The molecule has 0 unspecified atom stereocenters. The Morgan fingerprint density at radius 1 is 1.26 bits per heavy atom. The number of fused-ring (bicyclic) bond motifs is 1. The summed E-state index contributed by atoms with van der Waals surface area (Å²) in [7, 11) is 1.71. The molecule has 0 amide bonds. The van der Waals surface area contributed by atoms with Crippen molar-refractivity contribution in [1.82, 2.24) is 29.5 Å². The SMILES string of the molecule is COC1CCC(n2cc([N+](=O)[O-])c(OCCCn3nc(Cl)c4cnc(Cl)nc43)n2)CC1. The summed E-state index contributed by atoms with van der Waals surface area (Å²) in [5, 5.41) is 21.0. The van der Waals surface area contributed by atoms with Gasteiger partial charge in [0.1, 0.15) is 6.20 Å². The van der Waals surface area contributed by atoms with Crippen LogP contribution in [0.2, 0.25) is 10.4 Å². The van der Waals surface area contributed by atoms with Crippen LogP contribution in [0.15, 0.2) is 12.4 Å². The van der Waals surface area contributed by atoms with Gasteiger partial charge in [0.15, 0.2) is 10.8 Å². The smallest absolute Gasteiger partial charge is 0.350 e. The van der Waals surface area contributed by atoms with Crippen molar-refractivity contribution in [3.63, 3.8) is 0 Å². The van der Waals surface area contributed by atoms with Gasteiger partial charge < -0.3 is 9.47 Å². The number of aryl methyl sites for hydroxylation is 1. The molecule has 0 spiro atoms. The number of methoxy groups -OCH3 is 1. The lowest BCUT2D eigenvalue weighted by Gasteiger charge is -2.27. The lowest BCUT2D eigenvalue weighted by Crippen LogP contribution is -2.23. The fourth-order valence-corrected chi connectivity index (χ4v) is 4.12. The largest absolute Gasteiger partial charge is 0.472 e. The highest BCUT2D eigenvalue weighted by Crippen LogP contribution is 2.33. The molecule has 31 heavy (non-hydrogen) atoms. The monoisotopic (exact) mass is 469 g/mol. The number of nitro groups is 1. The summed E-state index contributed by atoms with van der Waals surface area (Å²) in [6.45, 7) is 0.651. The van der Waals surface area contributed by atoms with Gasteiger partial charge in [0, 0.05) is 26.3 Å². The van der Waals surface area contributed by atoms with Gasteiger partial charge in [-0.3, -0.25) is 14.8 Å². The molecule has 166 valence electrons. The summed E-state index contributed by atoms with van der Waals surface area (Å²) in [5.74, 6) is 0.0209. The van der Waals surface area contributed by atoms with Crippen LogP contribution in [0.1, 0.15) is 38.1 Å². The van der Waals surface area contributed by atoms with E-state index < -0.39 is 4.92 Å². The van der Waals surface area contributed by atoms with Crippen LogP contribution in [0, 0.1) is 10.1 Å². The van der Waals surface area contributed by atoms with Crippen molar-refractivity contribution >= 4 is 39.9 Å². The third-order valence-corrected chi connectivity index (χ3v) is 5.86. The van der Waals surface area contributed by atoms with Crippen molar-refractivity contribution in [3.8, 4) is 5.88 Å². The molecule has 1 saturated carbocycles. The Morgan fingerprint density at radius 3 is 2.74 bits per heavy atom. The summed E-state index contributed by atoms with van der Waals surface area (Å²) in [6, 6.07) is 0.101. The van der Waals surface area contributed by atoms with Gasteiger partial charge in [-0.05, 0) is 37.3 Å². The Balaban J connectivity index is 1.39. The second kappa shape index (κ2) is 9.33. The zero-order valence-electron chi connectivity index (χ0n) is 16.8. The van der Waals surface area contributed by atoms with Crippen LogP contribution in [0.5, 0.6) is 5.88 Å². The van der Waals surface area contributed by atoms with Crippen molar-refractivity contribution < 1.29 is 14.4 Å². The molecule has 1 fully saturated rings. The summed E-state index contributed by atoms with van der Waals surface area (Å²) >= 11 is 12.0. The number of ether oxygens (including phenoxy) is 2. The van der Waals surface area contributed by atoms with E-state index in [1.165, 1.54) is 12.4 Å². The summed E-state index contributed by atoms with van der Waals surface area (Å²) in [4.78, 5) is 19.0. The maximum atomic E-state index is 11.4. The highest BCUT2D eigenvalue weighted by molar-refractivity contribution is 6.34. The molecule has 1 aliphatic rings. The van der Waals surface area contributed by atoms with Crippen LogP contribution in [0.25, 0.3) is 11.0 Å². The lowest BCUT2D eigenvalue weighted by molar-refractivity contribution is -0.386. The van der Waals surface area contributed by atoms with E-state index in [0.717, 1.165) is 25.7 Å². The Kier molecular flexibility index (Phi) is 6.54. The van der Waals surface area contributed by atoms with E-state index in [0.29, 0.717) is 24.0 Å². The molecular formula is C18H21Cl2N7O4. The van der Waals surface area contributed by atoms with Crippen LogP contribution < -0.4 is 4.74 Å². The second-order valence-electron chi connectivity index (χ2n) is 7.32. The number of nitrogens with zero attached hydrogens (tertiary/aromatic N) is 7. The van der Waals surface area contributed by atoms with Gasteiger partial charge >= 0.3 is 11.6 Å². The first kappa shape index (κ1) is 21.7. The standard InChI is InChI=1S/C18H21Cl2N7O4/c1-30-12-5-3-11(4-6-12)26-10-14(27(28)29)17(24-26)31-8-2-7-25-16-13(15(19)23-25)9-21-18(20)22-16/h9-12H,2-8H2,1H3. The summed E-state index contributed by atoms with van der Waals surface area (Å²) < 4.78 is 14.3. The predicted octanol–water partition coefficient (Wildman–Crippen LogP) is 3.84. The van der Waals surface area contributed by atoms with Gasteiger partial charge in [0.25, 0.3) is 0 Å². The average Bonchev–Trinajstić information content (AvgIpc) is 3.32. The minimum absolute atomic E-state index is 0.0209. The van der Waals surface area contributed by atoms with Gasteiger partial charge in [-0.15, -0.1) is 5.10 Å². The van der Waals surface area contributed by atoms with Gasteiger partial charge in [-0.25, -0.2) is 9.67 Å². The molecule has 0 aromatic carbocycles. The lowest BCUT2D eigenvalue weighted by atomic mass is 9.93. The number of rotatable bonds is 8. The molecule has 0 saturated heterocycles. The first-order valence-electron chi connectivity index (χ1n) is 9.90. The zero-order valence-corrected chi connectivity index (χ0v) is 18.3. The molecule has 3 aromatic heterocycles. The highest BCUT2D eigenvalue weighted by atomic mass is 35.5. The normalized spacial score (nSPS) is 19.1. The maximum Gasteiger partial charge on any atom is 0.350 e. The Hall–Kier alpha value is -2.50. The van der Waals surface area contributed by atoms with E-state index in [1.807, 2.05) is 0 Å². The maximum absolute atomic E-state index is 11.4. The molecule has 0 radical (unpaired) electrons. The number of hydrogen-bond acceptors (Lipinski definition) is 8. The van der Waals surface area contributed by atoms with Gasteiger partial charge in [-0.2, -0.15) is 10.1 Å². The zero-order chi connectivity index (χ0) is 22.0. The molecule has 3 heterocycles. The molecular weight excluding hydrogens is 449 g/mol. The molecule has 1 aliphatic carbocycles. The van der Waals surface area contributed by atoms with Crippen LogP contribution in [-0.4, -0.2) is 54.3 Å². The van der Waals surface area contributed by atoms with E-state index in [-0.39, 0.29) is 40.8 Å². The van der Waals surface area contributed by atoms with Crippen molar-refractivity contribution in [2.75, 3.05) is 13.7 Å². The van der Waals surface area contributed by atoms with Crippen LogP contribution >= 0.6 is 23.2 Å². The Morgan fingerprint density at radius 2 is 2.03 bits per heavy atom. The Labute approximate surface area is 187 Å². The first-order chi connectivity index (χ1) is 15.0. The molecule has 11 nitrogen and oxygen atoms in total. The summed E-state index contributed by atoms with van der Waals surface area (Å²) in [6.07, 6.45) is 7.23. The van der Waals surface area contributed by atoms with Crippen molar-refractivity contribution in [2.45, 2.75) is 50.8 Å². The van der Waals surface area contributed by atoms with Crippen LogP contribution in [0.4, 0.5) is 5.69 Å². The minimum atomic E-state index is -0.473. The number of hydrogen-bond donors (Lipinski definition) is 0. The molecule has 4 rings (SSSR count). The van der Waals surface area contributed by atoms with Crippen molar-refractivity contribution in [3.05, 3.63) is 32.9 Å². The van der Waals surface area contributed by atoms with Crippen molar-refractivity contribution in [1.29, 1.82) is 0 Å². The third-order valence-electron chi connectivity index (χ3n) is 5.40. The molecule has 0 atom stereocenters. The predicted molar refractivity (Wildman–Crippen MR) is 113 cm³/mol. The van der Waals surface area contributed by atoms with E-state index in [2.05, 4.69) is 20.2 Å². The van der Waals surface area contributed by atoms with Crippen LogP contribution in [0.3, 0.4) is 0 Å². The van der Waals surface area contributed by atoms with Crippen LogP contribution in [-0.2, 0) is 11.3 Å². The van der Waals surface area contributed by atoms with Gasteiger partial charge in [0.2, 0.25) is 5.28 Å². The van der Waals surface area contributed by atoms with E-state index >= 15 is 0 Å². The fraction of sp³-hybridized carbons (Fsp3) is 0.556. The minimum Gasteiger partial charge on any atom is -0.472 e. The number of halogens is 2. The molecule has 0 bridgehead atoms. The molecule has 0 N–H and O–H groups in total. The van der Waals surface area contributed by atoms with E-state index in [9.17, 15) is 10.1 Å². The molecule has 3 aromatic rings. The Bertz CT molecular complexity index is 1080. The van der Waals surface area contributed by atoms with Crippen molar-refractivity contribution in [2.24, 2.45) is 0 Å². The molecule has 13 heteroatoms. The number of aromatic nitrogens is 6.